The van der Waals surface area contributed by atoms with Crippen molar-refractivity contribution < 1.29 is 5.11 Å². The lowest BCUT2D eigenvalue weighted by atomic mass is 10.3. The molecule has 0 aliphatic carbocycles. The quantitative estimate of drug-likeness (QED) is 0.710. The minimum absolute atomic E-state index is 0.172. The molecule has 2 aromatic heterocycles. The van der Waals surface area contributed by atoms with Gasteiger partial charge in [0.25, 0.3) is 0 Å². The highest BCUT2D eigenvalue weighted by atomic mass is 16.3. The van der Waals surface area contributed by atoms with Crippen LogP contribution in [0.1, 0.15) is 5.69 Å². The summed E-state index contributed by atoms with van der Waals surface area (Å²) in [5.74, 6) is 0.172. The Hall–Kier alpha value is -1.84. The second kappa shape index (κ2) is 2.90. The van der Waals surface area contributed by atoms with Gasteiger partial charge in [0.15, 0.2) is 5.75 Å². The minimum atomic E-state index is 0.172. The fraction of sp³-hybridized carbons (Fsp3) is 0.111. The van der Waals surface area contributed by atoms with Gasteiger partial charge >= 0.3 is 0 Å². The van der Waals surface area contributed by atoms with Gasteiger partial charge in [-0.1, -0.05) is 0 Å². The Balaban J connectivity index is 2.59. The fourth-order valence-electron chi connectivity index (χ4n) is 1.14. The molecule has 0 atom stereocenters. The Morgan fingerprint density at radius 2 is 2.23 bits per heavy atom. The zero-order chi connectivity index (χ0) is 9.26. The largest absolute Gasteiger partial charge is 0.504 e. The smallest absolute Gasteiger partial charge is 0.162 e. The van der Waals surface area contributed by atoms with Gasteiger partial charge < -0.3 is 5.11 Å². The molecule has 0 aromatic carbocycles. The number of aromatic hydroxyl groups is 1. The van der Waals surface area contributed by atoms with Crippen molar-refractivity contribution >= 4 is 0 Å². The molecule has 2 heterocycles. The highest BCUT2D eigenvalue weighted by molar-refractivity contribution is 5.46. The van der Waals surface area contributed by atoms with Crippen LogP contribution in [0.5, 0.6) is 5.75 Å². The van der Waals surface area contributed by atoms with E-state index in [-0.39, 0.29) is 5.75 Å². The van der Waals surface area contributed by atoms with Crippen LogP contribution >= 0.6 is 0 Å². The molecule has 0 saturated carbocycles. The maximum atomic E-state index is 9.65. The molecule has 0 amide bonds. The number of pyridine rings is 1. The van der Waals surface area contributed by atoms with Gasteiger partial charge in [0.1, 0.15) is 5.69 Å². The molecule has 0 aliphatic rings. The van der Waals surface area contributed by atoms with E-state index in [0.717, 1.165) is 0 Å². The van der Waals surface area contributed by atoms with Crippen molar-refractivity contribution in [3.63, 3.8) is 0 Å². The molecular formula is C9H9N3O. The molecule has 0 bridgehead atoms. The normalized spacial score (nSPS) is 10.2. The van der Waals surface area contributed by atoms with Crippen LogP contribution in [0.25, 0.3) is 5.69 Å². The van der Waals surface area contributed by atoms with Crippen molar-refractivity contribution in [2.45, 2.75) is 6.92 Å². The number of hydrogen-bond acceptors (Lipinski definition) is 3. The maximum absolute atomic E-state index is 9.65. The van der Waals surface area contributed by atoms with E-state index in [1.807, 2.05) is 0 Å². The summed E-state index contributed by atoms with van der Waals surface area (Å²) in [5.41, 5.74) is 1.26. The predicted octanol–water partition coefficient (Wildman–Crippen LogP) is 1.28. The van der Waals surface area contributed by atoms with Crippen molar-refractivity contribution in [3.8, 4) is 11.4 Å². The fourth-order valence-corrected chi connectivity index (χ4v) is 1.14. The monoisotopic (exact) mass is 175 g/mol. The van der Waals surface area contributed by atoms with Gasteiger partial charge in [-0.05, 0) is 19.1 Å². The molecule has 0 saturated heterocycles. The predicted molar refractivity (Wildman–Crippen MR) is 47.8 cm³/mol. The molecule has 0 aliphatic heterocycles. The van der Waals surface area contributed by atoms with Gasteiger partial charge in [-0.25, -0.2) is 4.68 Å². The Kier molecular flexibility index (Phi) is 1.73. The van der Waals surface area contributed by atoms with Crippen LogP contribution in [0.15, 0.2) is 30.7 Å². The molecule has 0 unspecified atom stereocenters. The molecular weight excluding hydrogens is 166 g/mol. The molecule has 0 spiro atoms. The van der Waals surface area contributed by atoms with Crippen LogP contribution in [0, 0.1) is 6.92 Å². The number of rotatable bonds is 1. The molecule has 13 heavy (non-hydrogen) atoms. The Bertz CT molecular complexity index is 409. The first kappa shape index (κ1) is 7.79. The van der Waals surface area contributed by atoms with E-state index in [1.165, 1.54) is 0 Å². The lowest BCUT2D eigenvalue weighted by Crippen LogP contribution is -1.96. The van der Waals surface area contributed by atoms with Gasteiger partial charge in [0.2, 0.25) is 0 Å². The average molecular weight is 175 g/mol. The molecule has 4 nitrogen and oxygen atoms in total. The third-order valence-electron chi connectivity index (χ3n) is 1.84. The van der Waals surface area contributed by atoms with Crippen molar-refractivity contribution in [3.05, 3.63) is 36.4 Å². The summed E-state index contributed by atoms with van der Waals surface area (Å²) in [5, 5.41) is 13.7. The lowest BCUT2D eigenvalue weighted by Gasteiger charge is -2.05. The third kappa shape index (κ3) is 1.26. The summed E-state index contributed by atoms with van der Waals surface area (Å²) >= 11 is 0. The van der Waals surface area contributed by atoms with E-state index in [1.54, 1.807) is 42.3 Å². The van der Waals surface area contributed by atoms with Gasteiger partial charge in [-0.2, -0.15) is 5.10 Å². The van der Waals surface area contributed by atoms with E-state index in [0.29, 0.717) is 11.4 Å². The highest BCUT2D eigenvalue weighted by Gasteiger charge is 2.05. The molecule has 2 rings (SSSR count). The second-order valence-electron chi connectivity index (χ2n) is 2.71. The van der Waals surface area contributed by atoms with E-state index in [2.05, 4.69) is 10.1 Å². The van der Waals surface area contributed by atoms with Gasteiger partial charge in [-0.15, -0.1) is 0 Å². The summed E-state index contributed by atoms with van der Waals surface area (Å²) in [7, 11) is 0. The number of aromatic nitrogens is 3. The molecule has 4 heteroatoms. The number of nitrogens with zero attached hydrogens (tertiary/aromatic N) is 3. The van der Waals surface area contributed by atoms with E-state index >= 15 is 0 Å². The summed E-state index contributed by atoms with van der Waals surface area (Å²) in [6, 6.07) is 3.52. The lowest BCUT2D eigenvalue weighted by molar-refractivity contribution is 0.462. The first-order valence-electron chi connectivity index (χ1n) is 3.93. The van der Waals surface area contributed by atoms with Gasteiger partial charge in [0.05, 0.1) is 5.69 Å². The SMILES string of the molecule is Cc1nccc(-n2cccn2)c1O. The Labute approximate surface area is 75.5 Å². The second-order valence-corrected chi connectivity index (χ2v) is 2.71. The van der Waals surface area contributed by atoms with Crippen LogP contribution in [0.4, 0.5) is 0 Å². The van der Waals surface area contributed by atoms with Crippen molar-refractivity contribution in [1.29, 1.82) is 0 Å². The van der Waals surface area contributed by atoms with Crippen LogP contribution < -0.4 is 0 Å². The molecule has 0 radical (unpaired) electrons. The topological polar surface area (TPSA) is 50.9 Å². The summed E-state index contributed by atoms with van der Waals surface area (Å²) in [4.78, 5) is 3.96. The maximum Gasteiger partial charge on any atom is 0.162 e. The Morgan fingerprint density at radius 3 is 2.92 bits per heavy atom. The molecule has 2 aromatic rings. The minimum Gasteiger partial charge on any atom is -0.504 e. The van der Waals surface area contributed by atoms with E-state index in [9.17, 15) is 5.11 Å². The molecule has 1 N–H and O–H groups in total. The first-order chi connectivity index (χ1) is 6.29. The van der Waals surface area contributed by atoms with Crippen LogP contribution in [-0.4, -0.2) is 19.9 Å². The van der Waals surface area contributed by atoms with Crippen LogP contribution in [0.3, 0.4) is 0 Å². The average Bonchev–Trinajstić information content (AvgIpc) is 2.62. The van der Waals surface area contributed by atoms with Gasteiger partial charge in [0, 0.05) is 18.6 Å². The van der Waals surface area contributed by atoms with E-state index in [4.69, 9.17) is 0 Å². The first-order valence-corrected chi connectivity index (χ1v) is 3.93. The van der Waals surface area contributed by atoms with Crippen molar-refractivity contribution in [2.75, 3.05) is 0 Å². The standard InChI is InChI=1S/C9H9N3O/c1-7-9(13)8(3-5-10-7)12-6-2-4-11-12/h2-6,13H,1H3. The van der Waals surface area contributed by atoms with Gasteiger partial charge in [-0.3, -0.25) is 4.98 Å². The summed E-state index contributed by atoms with van der Waals surface area (Å²) in [6.07, 6.45) is 5.08. The zero-order valence-corrected chi connectivity index (χ0v) is 7.18. The highest BCUT2D eigenvalue weighted by Crippen LogP contribution is 2.22. The van der Waals surface area contributed by atoms with E-state index < -0.39 is 0 Å². The van der Waals surface area contributed by atoms with Crippen LogP contribution in [0.2, 0.25) is 0 Å². The van der Waals surface area contributed by atoms with Crippen molar-refractivity contribution in [2.24, 2.45) is 0 Å². The Morgan fingerprint density at radius 1 is 1.38 bits per heavy atom. The summed E-state index contributed by atoms with van der Waals surface area (Å²) < 4.78 is 1.60. The van der Waals surface area contributed by atoms with Crippen molar-refractivity contribution in [1.82, 2.24) is 14.8 Å². The van der Waals surface area contributed by atoms with Crippen LogP contribution in [-0.2, 0) is 0 Å². The summed E-state index contributed by atoms with van der Waals surface area (Å²) in [6.45, 7) is 1.75. The number of aryl methyl sites for hydroxylation is 1. The zero-order valence-electron chi connectivity index (χ0n) is 7.18. The molecule has 0 fully saturated rings. The molecule has 66 valence electrons. The third-order valence-corrected chi connectivity index (χ3v) is 1.84. The number of hydrogen-bond donors (Lipinski definition) is 1.